The molecular weight excluding hydrogens is 356 g/mol. The molecule has 0 aliphatic carbocycles. The van der Waals surface area contributed by atoms with E-state index in [-0.39, 0.29) is 17.1 Å². The second kappa shape index (κ2) is 7.63. The highest BCUT2D eigenvalue weighted by Gasteiger charge is 2.13. The Morgan fingerprint density at radius 3 is 2.61 bits per heavy atom. The highest BCUT2D eigenvalue weighted by molar-refractivity contribution is 6.01. The monoisotopic (exact) mass is 372 g/mol. The number of nitrogens with zero attached hydrogens (tertiary/aromatic N) is 1. The molecule has 2 heterocycles. The number of aromatic amines is 2. The zero-order valence-corrected chi connectivity index (χ0v) is 14.7. The fraction of sp³-hybridized carbons (Fsp3) is 0. The van der Waals surface area contributed by atoms with Gasteiger partial charge in [-0.25, -0.2) is 4.98 Å². The van der Waals surface area contributed by atoms with Gasteiger partial charge < -0.3 is 20.0 Å². The molecule has 2 aromatic carbocycles. The number of carbonyl (C=O) groups is 1. The van der Waals surface area contributed by atoms with Gasteiger partial charge in [0.05, 0.1) is 11.9 Å². The standard InChI is InChI=1S/C21H16N4O3/c26-20-17(10-5-11-22-20)25-21(27)19-23-13-18(24-19)14-6-4-9-16(12-14)28-15-7-2-1-3-8-15/h1-13H,(H,22,26)(H,23,24)(H,25,27). The van der Waals surface area contributed by atoms with Crippen molar-refractivity contribution >= 4 is 11.6 Å². The van der Waals surface area contributed by atoms with Gasteiger partial charge in [-0.05, 0) is 36.4 Å². The van der Waals surface area contributed by atoms with Crippen molar-refractivity contribution in [3.8, 4) is 22.8 Å². The van der Waals surface area contributed by atoms with Crippen molar-refractivity contribution in [3.05, 3.63) is 95.3 Å². The molecule has 0 aliphatic rings. The van der Waals surface area contributed by atoms with E-state index in [9.17, 15) is 9.59 Å². The number of hydrogen-bond donors (Lipinski definition) is 3. The molecular formula is C21H16N4O3. The number of rotatable bonds is 5. The van der Waals surface area contributed by atoms with Crippen LogP contribution in [0, 0.1) is 0 Å². The van der Waals surface area contributed by atoms with Gasteiger partial charge in [-0.1, -0.05) is 30.3 Å². The van der Waals surface area contributed by atoms with Crippen molar-refractivity contribution in [2.75, 3.05) is 5.32 Å². The first kappa shape index (κ1) is 17.3. The summed E-state index contributed by atoms with van der Waals surface area (Å²) in [5.41, 5.74) is 1.25. The van der Waals surface area contributed by atoms with Crippen LogP contribution >= 0.6 is 0 Å². The molecule has 4 rings (SSSR count). The van der Waals surface area contributed by atoms with Crippen molar-refractivity contribution in [1.29, 1.82) is 0 Å². The molecule has 7 nitrogen and oxygen atoms in total. The van der Waals surface area contributed by atoms with Crippen LogP contribution in [-0.2, 0) is 0 Å². The zero-order chi connectivity index (χ0) is 19.3. The number of imidazole rings is 1. The molecule has 0 fully saturated rings. The van der Waals surface area contributed by atoms with E-state index >= 15 is 0 Å². The molecule has 4 aromatic rings. The second-order valence-corrected chi connectivity index (χ2v) is 5.96. The molecule has 0 atom stereocenters. The third-order valence-corrected chi connectivity index (χ3v) is 3.98. The Bertz CT molecular complexity index is 1170. The summed E-state index contributed by atoms with van der Waals surface area (Å²) in [6.07, 6.45) is 3.05. The first-order chi connectivity index (χ1) is 13.7. The van der Waals surface area contributed by atoms with E-state index in [1.807, 2.05) is 54.6 Å². The van der Waals surface area contributed by atoms with Gasteiger partial charge in [0, 0.05) is 11.8 Å². The molecule has 138 valence electrons. The smallest absolute Gasteiger partial charge is 0.291 e. The molecule has 0 saturated heterocycles. The highest BCUT2D eigenvalue weighted by Crippen LogP contribution is 2.26. The van der Waals surface area contributed by atoms with Gasteiger partial charge in [-0.2, -0.15) is 0 Å². The average Bonchev–Trinajstić information content (AvgIpc) is 3.21. The maximum atomic E-state index is 12.3. The Morgan fingerprint density at radius 1 is 0.964 bits per heavy atom. The average molecular weight is 372 g/mol. The Balaban J connectivity index is 1.52. The molecule has 0 spiro atoms. The zero-order valence-electron chi connectivity index (χ0n) is 14.7. The molecule has 7 heteroatoms. The minimum Gasteiger partial charge on any atom is -0.457 e. The van der Waals surface area contributed by atoms with E-state index < -0.39 is 5.91 Å². The van der Waals surface area contributed by atoms with Crippen molar-refractivity contribution in [2.45, 2.75) is 0 Å². The number of pyridine rings is 1. The maximum Gasteiger partial charge on any atom is 0.291 e. The Labute approximate surface area is 160 Å². The van der Waals surface area contributed by atoms with Crippen LogP contribution in [0.15, 0.2) is 83.9 Å². The first-order valence-electron chi connectivity index (χ1n) is 8.56. The number of carbonyl (C=O) groups excluding carboxylic acids is 1. The Hall–Kier alpha value is -4.13. The lowest BCUT2D eigenvalue weighted by Crippen LogP contribution is -2.20. The summed E-state index contributed by atoms with van der Waals surface area (Å²) in [5.74, 6) is 1.00. The summed E-state index contributed by atoms with van der Waals surface area (Å²) in [6, 6.07) is 20.1. The van der Waals surface area contributed by atoms with E-state index in [2.05, 4.69) is 20.3 Å². The molecule has 1 amide bonds. The predicted octanol–water partition coefficient (Wildman–Crippen LogP) is 3.81. The third-order valence-electron chi connectivity index (χ3n) is 3.98. The van der Waals surface area contributed by atoms with Crippen LogP contribution in [0.3, 0.4) is 0 Å². The lowest BCUT2D eigenvalue weighted by atomic mass is 10.1. The van der Waals surface area contributed by atoms with Crippen LogP contribution < -0.4 is 15.6 Å². The Kier molecular flexibility index (Phi) is 4.71. The van der Waals surface area contributed by atoms with Crippen molar-refractivity contribution in [3.63, 3.8) is 0 Å². The normalized spacial score (nSPS) is 10.4. The van der Waals surface area contributed by atoms with Crippen LogP contribution in [0.1, 0.15) is 10.6 Å². The van der Waals surface area contributed by atoms with Crippen LogP contribution in [0.4, 0.5) is 5.69 Å². The number of benzene rings is 2. The van der Waals surface area contributed by atoms with Crippen LogP contribution in [-0.4, -0.2) is 20.9 Å². The summed E-state index contributed by atoms with van der Waals surface area (Å²) < 4.78 is 5.84. The molecule has 0 aliphatic heterocycles. The lowest BCUT2D eigenvalue weighted by molar-refractivity contribution is 0.101. The number of ether oxygens (including phenoxy) is 1. The lowest BCUT2D eigenvalue weighted by Gasteiger charge is -2.06. The number of nitrogens with one attached hydrogen (secondary N) is 3. The number of hydrogen-bond acceptors (Lipinski definition) is 4. The predicted molar refractivity (Wildman–Crippen MR) is 106 cm³/mol. The quantitative estimate of drug-likeness (QED) is 0.496. The molecule has 28 heavy (non-hydrogen) atoms. The van der Waals surface area contributed by atoms with Crippen LogP contribution in [0.5, 0.6) is 11.5 Å². The molecule has 0 radical (unpaired) electrons. The number of H-pyrrole nitrogens is 2. The van der Waals surface area contributed by atoms with Gasteiger partial charge in [0.25, 0.3) is 11.5 Å². The van der Waals surface area contributed by atoms with E-state index in [1.54, 1.807) is 12.3 Å². The largest absolute Gasteiger partial charge is 0.457 e. The van der Waals surface area contributed by atoms with Gasteiger partial charge in [0.1, 0.15) is 17.2 Å². The minimum atomic E-state index is -0.500. The van der Waals surface area contributed by atoms with Gasteiger partial charge in [0.15, 0.2) is 5.82 Å². The fourth-order valence-corrected chi connectivity index (χ4v) is 2.64. The SMILES string of the molecule is O=C(Nc1ccc[nH]c1=O)c1ncc(-c2cccc(Oc3ccccc3)c2)[nH]1. The van der Waals surface area contributed by atoms with Gasteiger partial charge in [0.2, 0.25) is 0 Å². The summed E-state index contributed by atoms with van der Waals surface area (Å²) >= 11 is 0. The molecule has 2 aromatic heterocycles. The molecule has 0 bridgehead atoms. The topological polar surface area (TPSA) is 99.9 Å². The third kappa shape index (κ3) is 3.83. The van der Waals surface area contributed by atoms with Crippen LogP contribution in [0.25, 0.3) is 11.3 Å². The first-order valence-corrected chi connectivity index (χ1v) is 8.56. The number of amides is 1. The van der Waals surface area contributed by atoms with E-state index in [4.69, 9.17) is 4.74 Å². The summed E-state index contributed by atoms with van der Waals surface area (Å²) in [7, 11) is 0. The molecule has 3 N–H and O–H groups in total. The Morgan fingerprint density at radius 2 is 1.79 bits per heavy atom. The molecule has 0 unspecified atom stereocenters. The number of aromatic nitrogens is 3. The van der Waals surface area contributed by atoms with Crippen molar-refractivity contribution in [2.24, 2.45) is 0 Å². The minimum absolute atomic E-state index is 0.104. The maximum absolute atomic E-state index is 12.3. The van der Waals surface area contributed by atoms with Crippen molar-refractivity contribution in [1.82, 2.24) is 15.0 Å². The van der Waals surface area contributed by atoms with Crippen LogP contribution in [0.2, 0.25) is 0 Å². The van der Waals surface area contributed by atoms with E-state index in [0.29, 0.717) is 11.4 Å². The summed E-state index contributed by atoms with van der Waals surface area (Å²) in [5, 5.41) is 2.53. The van der Waals surface area contributed by atoms with Gasteiger partial charge in [-0.15, -0.1) is 0 Å². The summed E-state index contributed by atoms with van der Waals surface area (Å²) in [6.45, 7) is 0. The van der Waals surface area contributed by atoms with E-state index in [1.165, 1.54) is 12.3 Å². The van der Waals surface area contributed by atoms with Gasteiger partial charge in [-0.3, -0.25) is 9.59 Å². The second-order valence-electron chi connectivity index (χ2n) is 5.96. The number of anilines is 1. The van der Waals surface area contributed by atoms with Crippen molar-refractivity contribution < 1.29 is 9.53 Å². The number of para-hydroxylation sites is 1. The highest BCUT2D eigenvalue weighted by atomic mass is 16.5. The van der Waals surface area contributed by atoms with Gasteiger partial charge >= 0.3 is 0 Å². The molecule has 0 saturated carbocycles. The fourth-order valence-electron chi connectivity index (χ4n) is 2.64. The van der Waals surface area contributed by atoms with E-state index in [0.717, 1.165) is 11.3 Å². The summed E-state index contributed by atoms with van der Waals surface area (Å²) in [4.78, 5) is 33.6.